The molecule has 0 amide bonds. The monoisotopic (exact) mass is 270 g/mol. The minimum atomic E-state index is -4.09. The fourth-order valence-corrected chi connectivity index (χ4v) is 2.75. The van der Waals surface area contributed by atoms with E-state index >= 15 is 0 Å². The predicted molar refractivity (Wildman–Crippen MR) is 66.3 cm³/mol. The molecule has 0 aliphatic carbocycles. The first-order valence-corrected chi connectivity index (χ1v) is 7.17. The van der Waals surface area contributed by atoms with Crippen LogP contribution in [0.4, 0.5) is 13.2 Å². The second-order valence-electron chi connectivity index (χ2n) is 4.33. The molecule has 0 spiro atoms. The second kappa shape index (κ2) is 7.48. The van der Waals surface area contributed by atoms with Crippen LogP contribution in [0.25, 0.3) is 0 Å². The molecule has 0 aromatic carbocycles. The molecule has 2 nitrogen and oxygen atoms in total. The zero-order valence-corrected chi connectivity index (χ0v) is 11.0. The third-order valence-corrected chi connectivity index (χ3v) is 3.66. The van der Waals surface area contributed by atoms with Gasteiger partial charge in [-0.1, -0.05) is 6.92 Å². The molecule has 1 N–H and O–H groups in total. The smallest absolute Gasteiger partial charge is 0.315 e. The third kappa shape index (κ3) is 6.52. The number of alkyl halides is 3. The second-order valence-corrected chi connectivity index (χ2v) is 5.49. The molecule has 1 rings (SSSR count). The van der Waals surface area contributed by atoms with E-state index < -0.39 is 5.51 Å². The third-order valence-electron chi connectivity index (χ3n) is 2.94. The Bertz CT molecular complexity index is 205. The Morgan fingerprint density at radius 2 is 2.12 bits per heavy atom. The summed E-state index contributed by atoms with van der Waals surface area (Å²) in [6.07, 6.45) is 3.22. The molecule has 1 atom stereocenters. The van der Waals surface area contributed by atoms with Crippen molar-refractivity contribution in [3.63, 3.8) is 0 Å². The molecule has 1 aliphatic rings. The fourth-order valence-electron chi connectivity index (χ4n) is 2.19. The van der Waals surface area contributed by atoms with Crippen molar-refractivity contribution in [2.45, 2.75) is 37.7 Å². The average molecular weight is 270 g/mol. The largest absolute Gasteiger partial charge is 0.441 e. The summed E-state index contributed by atoms with van der Waals surface area (Å²) in [5.74, 6) is 0.139. The summed E-state index contributed by atoms with van der Waals surface area (Å²) in [7, 11) is 0. The molecular formula is C11H21F3N2S. The van der Waals surface area contributed by atoms with Crippen molar-refractivity contribution in [3.8, 4) is 0 Å². The van der Waals surface area contributed by atoms with Gasteiger partial charge in [-0.05, 0) is 44.1 Å². The number of nitrogens with zero attached hydrogens (tertiary/aromatic N) is 1. The topological polar surface area (TPSA) is 15.3 Å². The maximum Gasteiger partial charge on any atom is 0.441 e. The van der Waals surface area contributed by atoms with E-state index in [0.29, 0.717) is 12.6 Å². The van der Waals surface area contributed by atoms with Crippen molar-refractivity contribution < 1.29 is 13.2 Å². The lowest BCUT2D eigenvalue weighted by molar-refractivity contribution is -0.0329. The van der Waals surface area contributed by atoms with Crippen LogP contribution in [0.3, 0.4) is 0 Å². The Hall–Kier alpha value is 0.0600. The Labute approximate surface area is 105 Å². The van der Waals surface area contributed by atoms with E-state index in [-0.39, 0.29) is 17.5 Å². The Kier molecular flexibility index (Phi) is 6.66. The molecule has 1 fully saturated rings. The van der Waals surface area contributed by atoms with Crippen molar-refractivity contribution in [1.82, 2.24) is 10.2 Å². The molecule has 1 unspecified atom stereocenters. The van der Waals surface area contributed by atoms with Gasteiger partial charge in [-0.15, -0.1) is 0 Å². The van der Waals surface area contributed by atoms with Gasteiger partial charge in [0.15, 0.2) is 0 Å². The van der Waals surface area contributed by atoms with Crippen molar-refractivity contribution >= 4 is 11.8 Å². The summed E-state index contributed by atoms with van der Waals surface area (Å²) in [5, 5.41) is 3.31. The highest BCUT2D eigenvalue weighted by Gasteiger charge is 2.28. The van der Waals surface area contributed by atoms with Crippen molar-refractivity contribution in [2.24, 2.45) is 0 Å². The number of thioether (sulfide) groups is 1. The van der Waals surface area contributed by atoms with Crippen LogP contribution in [-0.2, 0) is 0 Å². The number of hydrogen-bond donors (Lipinski definition) is 1. The van der Waals surface area contributed by atoms with E-state index in [0.717, 1.165) is 38.9 Å². The van der Waals surface area contributed by atoms with Gasteiger partial charge in [-0.25, -0.2) is 0 Å². The first kappa shape index (κ1) is 15.1. The quantitative estimate of drug-likeness (QED) is 0.799. The minimum Gasteiger partial charge on any atom is -0.315 e. The first-order chi connectivity index (χ1) is 8.03. The summed E-state index contributed by atoms with van der Waals surface area (Å²) >= 11 is 0.0897. The number of halogens is 3. The van der Waals surface area contributed by atoms with Gasteiger partial charge in [0.25, 0.3) is 0 Å². The molecule has 0 radical (unpaired) electrons. The van der Waals surface area contributed by atoms with Gasteiger partial charge in [0, 0.05) is 24.9 Å². The van der Waals surface area contributed by atoms with Crippen LogP contribution in [0.15, 0.2) is 0 Å². The zero-order chi connectivity index (χ0) is 12.7. The summed E-state index contributed by atoms with van der Waals surface area (Å²) in [4.78, 5) is 2.20. The highest BCUT2D eigenvalue weighted by Crippen LogP contribution is 2.30. The highest BCUT2D eigenvalue weighted by atomic mass is 32.2. The van der Waals surface area contributed by atoms with Crippen LogP contribution < -0.4 is 5.32 Å². The lowest BCUT2D eigenvalue weighted by Gasteiger charge is -2.34. The highest BCUT2D eigenvalue weighted by molar-refractivity contribution is 8.00. The Morgan fingerprint density at radius 1 is 1.35 bits per heavy atom. The molecule has 0 saturated carbocycles. The zero-order valence-electron chi connectivity index (χ0n) is 10.2. The Balaban J connectivity index is 2.31. The summed E-state index contributed by atoms with van der Waals surface area (Å²) in [6, 6.07) is 0.414. The maximum atomic E-state index is 12.1. The summed E-state index contributed by atoms with van der Waals surface area (Å²) < 4.78 is 36.2. The van der Waals surface area contributed by atoms with Gasteiger partial charge in [0.2, 0.25) is 0 Å². The van der Waals surface area contributed by atoms with Gasteiger partial charge in [-0.2, -0.15) is 13.2 Å². The van der Waals surface area contributed by atoms with Crippen LogP contribution in [-0.4, -0.2) is 48.4 Å². The molecular weight excluding hydrogens is 249 g/mol. The molecule has 0 aromatic heterocycles. The SMILES string of the molecule is CCCN(CCSC(F)(F)F)C1CCCNC1. The number of hydrogen-bond acceptors (Lipinski definition) is 3. The van der Waals surface area contributed by atoms with Crippen LogP contribution in [0.1, 0.15) is 26.2 Å². The van der Waals surface area contributed by atoms with E-state index in [2.05, 4.69) is 17.1 Å². The molecule has 1 saturated heterocycles. The lowest BCUT2D eigenvalue weighted by Crippen LogP contribution is -2.47. The van der Waals surface area contributed by atoms with Gasteiger partial charge < -0.3 is 5.32 Å². The predicted octanol–water partition coefficient (Wildman–Crippen LogP) is 2.70. The van der Waals surface area contributed by atoms with E-state index in [1.807, 2.05) is 0 Å². The molecule has 0 aromatic rings. The molecule has 1 heterocycles. The van der Waals surface area contributed by atoms with Gasteiger partial charge in [0.1, 0.15) is 0 Å². The molecule has 102 valence electrons. The Morgan fingerprint density at radius 3 is 2.65 bits per heavy atom. The van der Waals surface area contributed by atoms with Gasteiger partial charge >= 0.3 is 5.51 Å². The number of nitrogens with one attached hydrogen (secondary N) is 1. The van der Waals surface area contributed by atoms with Gasteiger partial charge in [0.05, 0.1) is 0 Å². The van der Waals surface area contributed by atoms with E-state index in [9.17, 15) is 13.2 Å². The molecule has 0 bridgehead atoms. The van der Waals surface area contributed by atoms with Crippen molar-refractivity contribution in [1.29, 1.82) is 0 Å². The summed E-state index contributed by atoms with van der Waals surface area (Å²) in [5.41, 5.74) is -4.09. The first-order valence-electron chi connectivity index (χ1n) is 6.18. The number of rotatable bonds is 6. The molecule has 17 heavy (non-hydrogen) atoms. The maximum absolute atomic E-state index is 12.1. The average Bonchev–Trinajstić information content (AvgIpc) is 2.27. The van der Waals surface area contributed by atoms with Crippen LogP contribution in [0.5, 0.6) is 0 Å². The minimum absolute atomic E-state index is 0.0897. The van der Waals surface area contributed by atoms with Crippen molar-refractivity contribution in [2.75, 3.05) is 31.9 Å². The molecule has 1 aliphatic heterocycles. The van der Waals surface area contributed by atoms with E-state index in [1.54, 1.807) is 0 Å². The fraction of sp³-hybridized carbons (Fsp3) is 1.00. The van der Waals surface area contributed by atoms with Crippen LogP contribution in [0.2, 0.25) is 0 Å². The van der Waals surface area contributed by atoms with Crippen LogP contribution >= 0.6 is 11.8 Å². The van der Waals surface area contributed by atoms with Gasteiger partial charge in [-0.3, -0.25) is 4.90 Å². The normalized spacial score (nSPS) is 22.1. The summed E-state index contributed by atoms with van der Waals surface area (Å²) in [6.45, 7) is 5.44. The van der Waals surface area contributed by atoms with E-state index in [4.69, 9.17) is 0 Å². The standard InChI is InChI=1S/C11H21F3N2S/c1-2-6-16(7-8-17-11(12,13)14)10-4-3-5-15-9-10/h10,15H,2-9H2,1H3. The van der Waals surface area contributed by atoms with Crippen LogP contribution in [0, 0.1) is 0 Å². The van der Waals surface area contributed by atoms with E-state index in [1.165, 1.54) is 0 Å². The number of piperidine rings is 1. The lowest BCUT2D eigenvalue weighted by atomic mass is 10.1. The van der Waals surface area contributed by atoms with Crippen molar-refractivity contribution in [3.05, 3.63) is 0 Å². The molecule has 6 heteroatoms.